The van der Waals surface area contributed by atoms with Gasteiger partial charge in [0, 0.05) is 12.6 Å². The van der Waals surface area contributed by atoms with E-state index < -0.39 is 17.8 Å². The number of nitrogens with one attached hydrogen (secondary N) is 1. The van der Waals surface area contributed by atoms with Crippen LogP contribution in [0.25, 0.3) is 16.9 Å². The summed E-state index contributed by atoms with van der Waals surface area (Å²) in [6.07, 6.45) is -4.73. The maximum Gasteiger partial charge on any atom is 0.433 e. The summed E-state index contributed by atoms with van der Waals surface area (Å²) in [7, 11) is 2.77. The second-order valence-corrected chi connectivity index (χ2v) is 5.61. The van der Waals surface area contributed by atoms with Crippen LogP contribution in [0.15, 0.2) is 30.3 Å². The molecule has 2 aromatic heterocycles. The fourth-order valence-corrected chi connectivity index (χ4v) is 2.63. The number of benzene rings is 1. The maximum atomic E-state index is 13.5. The summed E-state index contributed by atoms with van der Waals surface area (Å²) in [4.78, 5) is 16.0. The molecule has 0 radical (unpaired) electrons. The predicted molar refractivity (Wildman–Crippen MR) is 88.4 cm³/mol. The van der Waals surface area contributed by atoms with Crippen molar-refractivity contribution in [2.24, 2.45) is 0 Å². The number of fused-ring (bicyclic) bond motifs is 1. The van der Waals surface area contributed by atoms with Gasteiger partial charge < -0.3 is 10.1 Å². The quantitative estimate of drug-likeness (QED) is 0.751. The Balaban J connectivity index is 2.32. The van der Waals surface area contributed by atoms with Crippen LogP contribution in [-0.2, 0) is 6.18 Å². The highest BCUT2D eigenvalue weighted by Crippen LogP contribution is 2.35. The summed E-state index contributed by atoms with van der Waals surface area (Å²) < 4.78 is 46.2. The van der Waals surface area contributed by atoms with Crippen LogP contribution in [-0.4, -0.2) is 34.7 Å². The van der Waals surface area contributed by atoms with Gasteiger partial charge in [-0.3, -0.25) is 4.79 Å². The van der Waals surface area contributed by atoms with Crippen LogP contribution in [0.3, 0.4) is 0 Å². The van der Waals surface area contributed by atoms with Crippen LogP contribution in [0.2, 0.25) is 5.02 Å². The zero-order valence-electron chi connectivity index (χ0n) is 13.6. The zero-order valence-corrected chi connectivity index (χ0v) is 14.3. The molecule has 2 heterocycles. The Labute approximate surface area is 150 Å². The molecular formula is C16H12ClF3N4O2. The van der Waals surface area contributed by atoms with Crippen molar-refractivity contribution in [3.05, 3.63) is 46.7 Å². The van der Waals surface area contributed by atoms with Crippen LogP contribution < -0.4 is 10.1 Å². The van der Waals surface area contributed by atoms with Crippen LogP contribution in [0.5, 0.6) is 5.75 Å². The average molecular weight is 385 g/mol. The number of ether oxygens (including phenoxy) is 1. The fraction of sp³-hybridized carbons (Fsp3) is 0.188. The molecule has 1 aromatic carbocycles. The van der Waals surface area contributed by atoms with Crippen molar-refractivity contribution in [2.45, 2.75) is 6.18 Å². The molecule has 1 amide bonds. The Hall–Kier alpha value is -2.81. The average Bonchev–Trinajstić information content (AvgIpc) is 2.96. The number of carbonyl (C=O) groups is 1. The van der Waals surface area contributed by atoms with E-state index in [4.69, 9.17) is 16.3 Å². The molecule has 6 nitrogen and oxygen atoms in total. The van der Waals surface area contributed by atoms with E-state index in [1.807, 2.05) is 0 Å². The van der Waals surface area contributed by atoms with E-state index in [1.165, 1.54) is 14.2 Å². The SMILES string of the molecule is CNC(=O)c1nn2c(C(F)(F)F)cc(-c3cccc(OC)c3)nc2c1Cl. The Morgan fingerprint density at radius 2 is 2.04 bits per heavy atom. The van der Waals surface area contributed by atoms with E-state index >= 15 is 0 Å². The fourth-order valence-electron chi connectivity index (χ4n) is 2.39. The highest BCUT2D eigenvalue weighted by Gasteiger charge is 2.36. The molecule has 3 aromatic rings. The van der Waals surface area contributed by atoms with Gasteiger partial charge in [-0.25, -0.2) is 9.50 Å². The molecule has 0 atom stereocenters. The second kappa shape index (κ2) is 6.49. The summed E-state index contributed by atoms with van der Waals surface area (Å²) >= 11 is 6.07. The normalized spacial score (nSPS) is 11.6. The molecule has 136 valence electrons. The molecule has 0 spiro atoms. The monoisotopic (exact) mass is 384 g/mol. The van der Waals surface area contributed by atoms with Crippen molar-refractivity contribution in [2.75, 3.05) is 14.2 Å². The number of carbonyl (C=O) groups excluding carboxylic acids is 1. The number of alkyl halides is 3. The third kappa shape index (κ3) is 3.05. The number of amides is 1. The molecule has 0 unspecified atom stereocenters. The van der Waals surface area contributed by atoms with E-state index in [2.05, 4.69) is 15.4 Å². The summed E-state index contributed by atoms with van der Waals surface area (Å²) in [5, 5.41) is 5.70. The molecule has 0 aliphatic heterocycles. The maximum absolute atomic E-state index is 13.5. The van der Waals surface area contributed by atoms with Crippen LogP contribution in [0, 0.1) is 0 Å². The highest BCUT2D eigenvalue weighted by atomic mass is 35.5. The lowest BCUT2D eigenvalue weighted by atomic mass is 10.1. The first-order valence-electron chi connectivity index (χ1n) is 7.29. The topological polar surface area (TPSA) is 68.5 Å². The second-order valence-electron chi connectivity index (χ2n) is 5.23. The van der Waals surface area contributed by atoms with E-state index in [-0.39, 0.29) is 22.1 Å². The first-order valence-corrected chi connectivity index (χ1v) is 7.67. The van der Waals surface area contributed by atoms with Gasteiger partial charge in [-0.2, -0.15) is 18.3 Å². The van der Waals surface area contributed by atoms with Gasteiger partial charge in [-0.15, -0.1) is 0 Å². The van der Waals surface area contributed by atoms with Gasteiger partial charge in [0.15, 0.2) is 17.0 Å². The van der Waals surface area contributed by atoms with E-state index in [0.717, 1.165) is 6.07 Å². The third-order valence-corrected chi connectivity index (χ3v) is 3.98. The van der Waals surface area contributed by atoms with Gasteiger partial charge in [-0.05, 0) is 18.2 Å². The van der Waals surface area contributed by atoms with E-state index in [0.29, 0.717) is 15.8 Å². The van der Waals surface area contributed by atoms with Gasteiger partial charge in [0.2, 0.25) is 0 Å². The number of nitrogens with zero attached hydrogens (tertiary/aromatic N) is 3. The van der Waals surface area contributed by atoms with Crippen molar-refractivity contribution in [3.63, 3.8) is 0 Å². The summed E-state index contributed by atoms with van der Waals surface area (Å²) in [5.74, 6) is -0.250. The first-order chi connectivity index (χ1) is 12.3. The van der Waals surface area contributed by atoms with Crippen molar-refractivity contribution < 1.29 is 22.7 Å². The lowest BCUT2D eigenvalue weighted by Crippen LogP contribution is -2.19. The molecule has 0 aliphatic rings. The van der Waals surface area contributed by atoms with Gasteiger partial charge >= 0.3 is 6.18 Å². The first kappa shape index (κ1) is 18.0. The third-order valence-electron chi connectivity index (χ3n) is 3.63. The number of methoxy groups -OCH3 is 1. The van der Waals surface area contributed by atoms with Crippen LogP contribution in [0.1, 0.15) is 16.2 Å². The molecular weight excluding hydrogens is 373 g/mol. The number of halogens is 4. The number of hydrogen-bond acceptors (Lipinski definition) is 4. The van der Waals surface area contributed by atoms with Crippen molar-refractivity contribution in [1.82, 2.24) is 19.9 Å². The van der Waals surface area contributed by atoms with Gasteiger partial charge in [-0.1, -0.05) is 23.7 Å². The smallest absolute Gasteiger partial charge is 0.433 e. The zero-order chi connectivity index (χ0) is 19.1. The van der Waals surface area contributed by atoms with Crippen molar-refractivity contribution in [1.29, 1.82) is 0 Å². The predicted octanol–water partition coefficient (Wildman–Crippen LogP) is 3.44. The minimum atomic E-state index is -4.73. The Kier molecular flexibility index (Phi) is 4.49. The summed E-state index contributed by atoms with van der Waals surface area (Å²) in [6, 6.07) is 7.26. The van der Waals surface area contributed by atoms with Crippen LogP contribution in [0.4, 0.5) is 13.2 Å². The summed E-state index contributed by atoms with van der Waals surface area (Å²) in [6.45, 7) is 0. The molecule has 0 aliphatic carbocycles. The van der Waals surface area contributed by atoms with E-state index in [9.17, 15) is 18.0 Å². The number of hydrogen-bond donors (Lipinski definition) is 1. The largest absolute Gasteiger partial charge is 0.497 e. The standard InChI is InChI=1S/C16H12ClF3N4O2/c1-21-15(25)13-12(17)14-22-10(8-4-3-5-9(6-8)26-2)7-11(16(18,19)20)24(14)23-13/h3-7H,1-2H3,(H,21,25). The molecule has 0 saturated carbocycles. The molecule has 0 fully saturated rings. The van der Waals surface area contributed by atoms with Crippen LogP contribution >= 0.6 is 11.6 Å². The van der Waals surface area contributed by atoms with Crippen molar-refractivity contribution >= 4 is 23.2 Å². The van der Waals surface area contributed by atoms with Gasteiger partial charge in [0.1, 0.15) is 10.8 Å². The number of rotatable bonds is 3. The molecule has 1 N–H and O–H groups in total. The molecule has 0 saturated heterocycles. The lowest BCUT2D eigenvalue weighted by Gasteiger charge is -2.11. The Morgan fingerprint density at radius 1 is 1.31 bits per heavy atom. The van der Waals surface area contributed by atoms with Gasteiger partial charge in [0.05, 0.1) is 12.8 Å². The van der Waals surface area contributed by atoms with E-state index in [1.54, 1.807) is 24.3 Å². The minimum absolute atomic E-state index is 0.0222. The van der Waals surface area contributed by atoms with Crippen molar-refractivity contribution in [3.8, 4) is 17.0 Å². The Morgan fingerprint density at radius 3 is 2.65 bits per heavy atom. The highest BCUT2D eigenvalue weighted by molar-refractivity contribution is 6.36. The minimum Gasteiger partial charge on any atom is -0.497 e. The molecule has 10 heteroatoms. The lowest BCUT2D eigenvalue weighted by molar-refractivity contribution is -0.142. The molecule has 3 rings (SSSR count). The van der Waals surface area contributed by atoms with Gasteiger partial charge in [0.25, 0.3) is 5.91 Å². The molecule has 0 bridgehead atoms. The summed E-state index contributed by atoms with van der Waals surface area (Å²) in [5.41, 5.74) is -1.28. The number of aromatic nitrogens is 3. The Bertz CT molecular complexity index is 1000. The molecule has 26 heavy (non-hydrogen) atoms.